The van der Waals surface area contributed by atoms with Crippen molar-refractivity contribution < 1.29 is 4.74 Å². The van der Waals surface area contributed by atoms with Crippen molar-refractivity contribution in [2.45, 2.75) is 51.1 Å². The summed E-state index contributed by atoms with van der Waals surface area (Å²) in [6, 6.07) is 0.667. The van der Waals surface area contributed by atoms with Gasteiger partial charge in [-0.1, -0.05) is 19.8 Å². The second kappa shape index (κ2) is 5.68. The van der Waals surface area contributed by atoms with Crippen LogP contribution in [0.1, 0.15) is 39.5 Å². The van der Waals surface area contributed by atoms with Gasteiger partial charge in [-0.3, -0.25) is 4.90 Å². The molecule has 1 heterocycles. The van der Waals surface area contributed by atoms with Crippen LogP contribution in [0.2, 0.25) is 0 Å². The highest BCUT2D eigenvalue weighted by Gasteiger charge is 2.39. The number of nitrogens with zero attached hydrogens (tertiary/aromatic N) is 1. The summed E-state index contributed by atoms with van der Waals surface area (Å²) in [7, 11) is 1.80. The van der Waals surface area contributed by atoms with Gasteiger partial charge in [0.1, 0.15) is 0 Å². The fourth-order valence-electron chi connectivity index (χ4n) is 3.46. The van der Waals surface area contributed by atoms with Gasteiger partial charge in [0.2, 0.25) is 0 Å². The zero-order valence-corrected chi connectivity index (χ0v) is 11.7. The molecule has 3 heteroatoms. The normalized spacial score (nSPS) is 30.9. The van der Waals surface area contributed by atoms with Crippen molar-refractivity contribution in [3.05, 3.63) is 0 Å². The number of nitrogens with one attached hydrogen (secondary N) is 1. The maximum atomic E-state index is 5.26. The second-order valence-electron chi connectivity index (χ2n) is 6.21. The Bertz CT molecular complexity index is 238. The standard InChI is InChI=1S/C14H28N2O/c1-12(10-17-3)9-16-11-14(6-4-5-7-14)15-8-13(16)2/h12-13,15H,4-11H2,1-3H3. The Balaban J connectivity index is 1.90. The van der Waals surface area contributed by atoms with Crippen LogP contribution in [0.5, 0.6) is 0 Å². The molecule has 0 amide bonds. The van der Waals surface area contributed by atoms with Gasteiger partial charge >= 0.3 is 0 Å². The Morgan fingerprint density at radius 2 is 2.12 bits per heavy atom. The molecule has 3 nitrogen and oxygen atoms in total. The Morgan fingerprint density at radius 3 is 2.76 bits per heavy atom. The monoisotopic (exact) mass is 240 g/mol. The smallest absolute Gasteiger partial charge is 0.0500 e. The number of hydrogen-bond donors (Lipinski definition) is 1. The van der Waals surface area contributed by atoms with Gasteiger partial charge in [0.15, 0.2) is 0 Å². The Kier molecular flexibility index (Phi) is 4.45. The highest BCUT2D eigenvalue weighted by Crippen LogP contribution is 2.33. The van der Waals surface area contributed by atoms with Gasteiger partial charge in [0, 0.05) is 44.9 Å². The molecule has 1 aliphatic heterocycles. The van der Waals surface area contributed by atoms with Crippen LogP contribution in [-0.4, -0.2) is 49.8 Å². The highest BCUT2D eigenvalue weighted by atomic mass is 16.5. The van der Waals surface area contributed by atoms with E-state index in [0.717, 1.165) is 13.2 Å². The van der Waals surface area contributed by atoms with Crippen molar-refractivity contribution in [1.29, 1.82) is 0 Å². The molecule has 0 bridgehead atoms. The van der Waals surface area contributed by atoms with E-state index in [-0.39, 0.29) is 0 Å². The van der Waals surface area contributed by atoms with E-state index in [0.29, 0.717) is 17.5 Å². The molecule has 1 spiro atoms. The first-order chi connectivity index (χ1) is 8.15. The Labute approximate surface area is 106 Å². The Morgan fingerprint density at radius 1 is 1.41 bits per heavy atom. The maximum absolute atomic E-state index is 5.26. The van der Waals surface area contributed by atoms with Gasteiger partial charge < -0.3 is 10.1 Å². The predicted octanol–water partition coefficient (Wildman–Crippen LogP) is 1.88. The van der Waals surface area contributed by atoms with E-state index in [4.69, 9.17) is 4.74 Å². The molecule has 2 atom stereocenters. The number of methoxy groups -OCH3 is 1. The summed E-state index contributed by atoms with van der Waals surface area (Å²) in [5.41, 5.74) is 0.444. The first kappa shape index (κ1) is 13.3. The molecule has 2 rings (SSSR count). The second-order valence-corrected chi connectivity index (χ2v) is 6.21. The fourth-order valence-corrected chi connectivity index (χ4v) is 3.46. The van der Waals surface area contributed by atoms with E-state index in [1.807, 2.05) is 0 Å². The lowest BCUT2D eigenvalue weighted by molar-refractivity contribution is 0.0578. The zero-order valence-electron chi connectivity index (χ0n) is 11.7. The number of piperazine rings is 1. The third kappa shape index (κ3) is 3.21. The summed E-state index contributed by atoms with van der Waals surface area (Å²) in [6.45, 7) is 9.08. The van der Waals surface area contributed by atoms with Crippen LogP contribution in [0.3, 0.4) is 0 Å². The zero-order chi connectivity index (χ0) is 12.3. The molecule has 0 aromatic rings. The van der Waals surface area contributed by atoms with E-state index in [9.17, 15) is 0 Å². The van der Waals surface area contributed by atoms with E-state index in [1.54, 1.807) is 7.11 Å². The van der Waals surface area contributed by atoms with Crippen LogP contribution in [0.4, 0.5) is 0 Å². The molecule has 0 aromatic heterocycles. The third-order valence-corrected chi connectivity index (χ3v) is 4.46. The van der Waals surface area contributed by atoms with E-state index < -0.39 is 0 Å². The fraction of sp³-hybridized carbons (Fsp3) is 1.00. The molecule has 2 fully saturated rings. The number of hydrogen-bond acceptors (Lipinski definition) is 3. The lowest BCUT2D eigenvalue weighted by atomic mass is 9.92. The van der Waals surface area contributed by atoms with Crippen LogP contribution in [0.15, 0.2) is 0 Å². The molecule has 2 aliphatic rings. The summed E-state index contributed by atoms with van der Waals surface area (Å²) in [5.74, 6) is 0.638. The van der Waals surface area contributed by atoms with Gasteiger partial charge in [-0.2, -0.15) is 0 Å². The quantitative estimate of drug-likeness (QED) is 0.812. The van der Waals surface area contributed by atoms with Gasteiger partial charge in [-0.05, 0) is 25.7 Å². The average Bonchev–Trinajstić information content (AvgIpc) is 2.73. The summed E-state index contributed by atoms with van der Waals surface area (Å²) in [5, 5.41) is 3.81. The van der Waals surface area contributed by atoms with Crippen LogP contribution in [0, 0.1) is 5.92 Å². The first-order valence-electron chi connectivity index (χ1n) is 7.13. The van der Waals surface area contributed by atoms with Gasteiger partial charge in [-0.25, -0.2) is 0 Å². The summed E-state index contributed by atoms with van der Waals surface area (Å²) >= 11 is 0. The molecule has 17 heavy (non-hydrogen) atoms. The van der Waals surface area contributed by atoms with Crippen LogP contribution in [0.25, 0.3) is 0 Å². The minimum absolute atomic E-state index is 0.444. The maximum Gasteiger partial charge on any atom is 0.0500 e. The summed E-state index contributed by atoms with van der Waals surface area (Å²) in [6.07, 6.45) is 5.55. The lowest BCUT2D eigenvalue weighted by Gasteiger charge is -2.46. The largest absolute Gasteiger partial charge is 0.384 e. The van der Waals surface area contributed by atoms with E-state index >= 15 is 0 Å². The van der Waals surface area contributed by atoms with Crippen molar-refractivity contribution in [3.8, 4) is 0 Å². The van der Waals surface area contributed by atoms with Gasteiger partial charge in [0.25, 0.3) is 0 Å². The number of rotatable bonds is 4. The molecule has 100 valence electrons. The molecule has 1 saturated carbocycles. The highest BCUT2D eigenvalue weighted by molar-refractivity contribution is 5.00. The molecule has 1 saturated heterocycles. The molecule has 1 aliphatic carbocycles. The topological polar surface area (TPSA) is 24.5 Å². The van der Waals surface area contributed by atoms with Crippen molar-refractivity contribution in [2.75, 3.05) is 33.4 Å². The molecule has 2 unspecified atom stereocenters. The minimum Gasteiger partial charge on any atom is -0.384 e. The van der Waals surface area contributed by atoms with Gasteiger partial charge in [0.05, 0.1) is 0 Å². The van der Waals surface area contributed by atoms with Crippen LogP contribution in [-0.2, 0) is 4.74 Å². The summed E-state index contributed by atoms with van der Waals surface area (Å²) in [4.78, 5) is 2.67. The van der Waals surface area contributed by atoms with E-state index in [1.165, 1.54) is 38.8 Å². The van der Waals surface area contributed by atoms with E-state index in [2.05, 4.69) is 24.1 Å². The van der Waals surface area contributed by atoms with Crippen molar-refractivity contribution in [1.82, 2.24) is 10.2 Å². The molecule has 0 aromatic carbocycles. The average molecular weight is 240 g/mol. The van der Waals surface area contributed by atoms with Gasteiger partial charge in [-0.15, -0.1) is 0 Å². The molecule has 0 radical (unpaired) electrons. The Hall–Kier alpha value is -0.120. The minimum atomic E-state index is 0.444. The lowest BCUT2D eigenvalue weighted by Crippen LogP contribution is -2.63. The number of ether oxygens (including phenoxy) is 1. The van der Waals surface area contributed by atoms with Crippen molar-refractivity contribution in [3.63, 3.8) is 0 Å². The molecular formula is C14H28N2O. The molecular weight excluding hydrogens is 212 g/mol. The third-order valence-electron chi connectivity index (χ3n) is 4.46. The molecule has 1 N–H and O–H groups in total. The van der Waals surface area contributed by atoms with Crippen LogP contribution >= 0.6 is 0 Å². The van der Waals surface area contributed by atoms with Crippen LogP contribution < -0.4 is 5.32 Å². The van der Waals surface area contributed by atoms with Crippen molar-refractivity contribution >= 4 is 0 Å². The van der Waals surface area contributed by atoms with Crippen molar-refractivity contribution in [2.24, 2.45) is 5.92 Å². The predicted molar refractivity (Wildman–Crippen MR) is 71.3 cm³/mol. The first-order valence-corrected chi connectivity index (χ1v) is 7.13. The SMILES string of the molecule is COCC(C)CN1CC2(CCCC2)NCC1C. The summed E-state index contributed by atoms with van der Waals surface area (Å²) < 4.78 is 5.26.